The van der Waals surface area contributed by atoms with Crippen LogP contribution in [0.1, 0.15) is 43.7 Å². The number of benzene rings is 2. The fraction of sp³-hybridized carbons (Fsp3) is 0.346. The number of rotatable bonds is 5. The molecule has 0 bridgehead atoms. The Kier molecular flexibility index (Phi) is 5.45. The lowest BCUT2D eigenvalue weighted by molar-refractivity contribution is 0.0841. The molecule has 1 aromatic heterocycles. The zero-order chi connectivity index (χ0) is 25.1. The highest BCUT2D eigenvalue weighted by Gasteiger charge is 2.48. The summed E-state index contributed by atoms with van der Waals surface area (Å²) in [6, 6.07) is 9.53. The second kappa shape index (κ2) is 8.25. The number of hydrogen-bond acceptors (Lipinski definition) is 4. The maximum Gasteiger partial charge on any atom is 0.283 e. The zero-order valence-corrected chi connectivity index (χ0v) is 20.0. The molecular formula is C26H26F3N5O. The summed E-state index contributed by atoms with van der Waals surface area (Å²) in [7, 11) is 0. The zero-order valence-electron chi connectivity index (χ0n) is 20.0. The minimum absolute atomic E-state index is 0.133. The first-order valence-corrected chi connectivity index (χ1v) is 11.6. The minimum Gasteiger partial charge on any atom is -0.305 e. The minimum atomic E-state index is -0.955. The van der Waals surface area contributed by atoms with Gasteiger partial charge in [0.05, 0.1) is 18.6 Å². The van der Waals surface area contributed by atoms with Gasteiger partial charge in [-0.3, -0.25) is 14.6 Å². The fourth-order valence-electron chi connectivity index (χ4n) is 4.56. The number of halogens is 3. The molecule has 0 fully saturated rings. The molecule has 6 nitrogen and oxygen atoms in total. The van der Waals surface area contributed by atoms with Crippen LogP contribution >= 0.6 is 0 Å². The van der Waals surface area contributed by atoms with Crippen molar-refractivity contribution in [2.45, 2.75) is 39.8 Å². The number of carbonyl (C=O) groups is 1. The van der Waals surface area contributed by atoms with E-state index in [1.165, 1.54) is 18.2 Å². The second-order valence-electron chi connectivity index (χ2n) is 9.51. The Morgan fingerprint density at radius 2 is 1.77 bits per heavy atom. The van der Waals surface area contributed by atoms with Crippen molar-refractivity contribution in [3.63, 3.8) is 0 Å². The summed E-state index contributed by atoms with van der Waals surface area (Å²) < 4.78 is 43.1. The summed E-state index contributed by atoms with van der Waals surface area (Å²) in [5.41, 5.74) is 0.920. The van der Waals surface area contributed by atoms with Crippen LogP contribution in [0.15, 0.2) is 47.5 Å². The van der Waals surface area contributed by atoms with Gasteiger partial charge in [-0.05, 0) is 61.7 Å². The van der Waals surface area contributed by atoms with Crippen LogP contribution in [0.4, 0.5) is 19.0 Å². The number of aromatic nitrogens is 2. The number of imidazole rings is 1. The van der Waals surface area contributed by atoms with Crippen molar-refractivity contribution < 1.29 is 18.0 Å². The van der Waals surface area contributed by atoms with Crippen LogP contribution in [-0.2, 0) is 6.54 Å². The van der Waals surface area contributed by atoms with E-state index in [9.17, 15) is 18.0 Å². The monoisotopic (exact) mass is 481 g/mol. The molecule has 5 rings (SSSR count). The maximum atomic E-state index is 14.0. The highest BCUT2D eigenvalue weighted by atomic mass is 19.2. The average Bonchev–Trinajstić information content (AvgIpc) is 3.36. The van der Waals surface area contributed by atoms with E-state index in [1.54, 1.807) is 17.0 Å². The molecule has 0 radical (unpaired) electrons. The van der Waals surface area contributed by atoms with Crippen LogP contribution in [0, 0.1) is 23.4 Å². The van der Waals surface area contributed by atoms with Gasteiger partial charge in [0, 0.05) is 12.1 Å². The van der Waals surface area contributed by atoms with Gasteiger partial charge in [0.25, 0.3) is 5.91 Å². The summed E-state index contributed by atoms with van der Waals surface area (Å²) >= 11 is 0. The molecule has 0 N–H and O–H groups in total. The lowest BCUT2D eigenvalue weighted by Crippen LogP contribution is -2.51. The Labute approximate surface area is 201 Å². The van der Waals surface area contributed by atoms with Crippen LogP contribution in [0.2, 0.25) is 0 Å². The van der Waals surface area contributed by atoms with Crippen molar-refractivity contribution >= 4 is 17.7 Å². The highest BCUT2D eigenvalue weighted by molar-refractivity contribution is 6.18. The van der Waals surface area contributed by atoms with Crippen molar-refractivity contribution in [1.82, 2.24) is 14.5 Å². The Hall–Kier alpha value is -3.62. The number of guanidine groups is 1. The molecule has 2 aromatic carbocycles. The van der Waals surface area contributed by atoms with E-state index in [1.807, 2.05) is 16.4 Å². The molecule has 182 valence electrons. The molecular weight excluding hydrogens is 455 g/mol. The number of anilines is 1. The molecule has 0 saturated carbocycles. The van der Waals surface area contributed by atoms with Gasteiger partial charge in [0.15, 0.2) is 17.3 Å². The van der Waals surface area contributed by atoms with Crippen LogP contribution in [0.25, 0.3) is 11.4 Å². The molecule has 1 unspecified atom stereocenters. The molecule has 2 aliphatic rings. The number of hydrogen-bond donors (Lipinski definition) is 0. The van der Waals surface area contributed by atoms with E-state index in [4.69, 9.17) is 9.98 Å². The Morgan fingerprint density at radius 1 is 1.06 bits per heavy atom. The average molecular weight is 482 g/mol. The molecule has 2 aliphatic heterocycles. The predicted molar refractivity (Wildman–Crippen MR) is 128 cm³/mol. The van der Waals surface area contributed by atoms with Gasteiger partial charge in [0.2, 0.25) is 5.96 Å². The molecule has 9 heteroatoms. The molecule has 3 heterocycles. The Morgan fingerprint density at radius 3 is 2.40 bits per heavy atom. The topological polar surface area (TPSA) is 53.7 Å². The van der Waals surface area contributed by atoms with Gasteiger partial charge in [-0.15, -0.1) is 0 Å². The third-order valence-electron chi connectivity index (χ3n) is 6.95. The number of amides is 1. The summed E-state index contributed by atoms with van der Waals surface area (Å²) in [4.78, 5) is 26.8. The molecule has 3 aromatic rings. The van der Waals surface area contributed by atoms with Crippen molar-refractivity contribution in [1.29, 1.82) is 0 Å². The molecule has 0 aliphatic carbocycles. The summed E-state index contributed by atoms with van der Waals surface area (Å²) in [5.74, 6) is -0.824. The standard InChI is InChI=1S/C26H26F3N5O/c1-5-32-24(35)21-23(34-14-26(4,15(2)3)31-25(32)34)33(13-16-6-11-19(28)20(29)12-16)22(30-21)17-7-9-18(27)10-8-17/h6-12,15H,5,13-14H2,1-4H3. The van der Waals surface area contributed by atoms with Gasteiger partial charge in [-0.25, -0.2) is 23.1 Å². The van der Waals surface area contributed by atoms with Crippen LogP contribution < -0.4 is 4.90 Å². The van der Waals surface area contributed by atoms with Crippen molar-refractivity contribution in [3.05, 3.63) is 71.2 Å². The first-order chi connectivity index (χ1) is 16.6. The number of fused-ring (bicyclic) bond motifs is 3. The molecule has 1 amide bonds. The van der Waals surface area contributed by atoms with Crippen molar-refractivity contribution in [3.8, 4) is 11.4 Å². The van der Waals surface area contributed by atoms with Crippen LogP contribution in [0.5, 0.6) is 0 Å². The van der Waals surface area contributed by atoms with E-state index in [0.29, 0.717) is 41.8 Å². The molecule has 1 atom stereocenters. The lowest BCUT2D eigenvalue weighted by atomic mass is 9.90. The highest BCUT2D eigenvalue weighted by Crippen LogP contribution is 2.40. The SMILES string of the molecule is CCN1C(=O)c2nc(-c3ccc(F)cc3)n(Cc3ccc(F)c(F)c3)c2N2CC(C)(C(C)C)N=C12. The molecule has 0 spiro atoms. The largest absolute Gasteiger partial charge is 0.305 e. The number of aliphatic imine (C=N–C) groups is 1. The summed E-state index contributed by atoms with van der Waals surface area (Å²) in [5, 5.41) is 0. The molecule has 0 saturated heterocycles. The van der Waals surface area contributed by atoms with E-state index in [2.05, 4.69) is 20.8 Å². The third kappa shape index (κ3) is 3.69. The van der Waals surface area contributed by atoms with E-state index in [-0.39, 0.29) is 24.1 Å². The van der Waals surface area contributed by atoms with E-state index in [0.717, 1.165) is 12.1 Å². The smallest absolute Gasteiger partial charge is 0.283 e. The first kappa shape index (κ1) is 23.1. The van der Waals surface area contributed by atoms with Crippen LogP contribution in [0.3, 0.4) is 0 Å². The number of nitrogens with zero attached hydrogens (tertiary/aromatic N) is 5. The lowest BCUT2D eigenvalue weighted by Gasteiger charge is -2.34. The van der Waals surface area contributed by atoms with Gasteiger partial charge < -0.3 is 4.57 Å². The Bertz CT molecular complexity index is 1350. The van der Waals surface area contributed by atoms with Gasteiger partial charge >= 0.3 is 0 Å². The fourth-order valence-corrected chi connectivity index (χ4v) is 4.56. The van der Waals surface area contributed by atoms with Gasteiger partial charge in [0.1, 0.15) is 17.5 Å². The van der Waals surface area contributed by atoms with Crippen LogP contribution in [-0.4, -0.2) is 44.9 Å². The quantitative estimate of drug-likeness (QED) is 0.511. The van der Waals surface area contributed by atoms with Crippen molar-refractivity contribution in [2.24, 2.45) is 10.9 Å². The first-order valence-electron chi connectivity index (χ1n) is 11.6. The predicted octanol–water partition coefficient (Wildman–Crippen LogP) is 5.08. The third-order valence-corrected chi connectivity index (χ3v) is 6.95. The second-order valence-corrected chi connectivity index (χ2v) is 9.51. The number of carbonyl (C=O) groups excluding carboxylic acids is 1. The summed E-state index contributed by atoms with van der Waals surface area (Å²) in [6.07, 6.45) is 0. The normalized spacial score (nSPS) is 19.3. The molecule has 35 heavy (non-hydrogen) atoms. The van der Waals surface area contributed by atoms with E-state index >= 15 is 0 Å². The maximum absolute atomic E-state index is 14.0. The van der Waals surface area contributed by atoms with Gasteiger partial charge in [-0.2, -0.15) is 0 Å². The van der Waals surface area contributed by atoms with Gasteiger partial charge in [-0.1, -0.05) is 19.9 Å². The van der Waals surface area contributed by atoms with Crippen molar-refractivity contribution in [2.75, 3.05) is 18.0 Å². The summed E-state index contributed by atoms with van der Waals surface area (Å²) in [6.45, 7) is 9.19. The van der Waals surface area contributed by atoms with E-state index < -0.39 is 23.0 Å². The Balaban J connectivity index is 1.73.